The van der Waals surface area contributed by atoms with E-state index in [1.807, 2.05) is 55.5 Å². The number of aromatic nitrogens is 2. The number of carbonyl (C=O) groups is 1. The molecule has 2 atom stereocenters. The molecule has 2 aromatic heterocycles. The number of methoxy groups -OCH3 is 1. The van der Waals surface area contributed by atoms with Crippen LogP contribution in [0.15, 0.2) is 72.9 Å². The van der Waals surface area contributed by atoms with Gasteiger partial charge in [-0.25, -0.2) is 4.79 Å². The summed E-state index contributed by atoms with van der Waals surface area (Å²) in [5.74, 6) is -0.366. The van der Waals surface area contributed by atoms with Crippen molar-refractivity contribution >= 4 is 40.6 Å². The number of carboxylic acids is 1. The third-order valence-corrected chi connectivity index (χ3v) is 7.28. The molecule has 1 aliphatic rings. The zero-order valence-corrected chi connectivity index (χ0v) is 22.0. The molecule has 0 bridgehead atoms. The van der Waals surface area contributed by atoms with Gasteiger partial charge in [0.25, 0.3) is 0 Å². The fourth-order valence-electron chi connectivity index (χ4n) is 4.99. The summed E-state index contributed by atoms with van der Waals surface area (Å²) < 4.78 is 7.47. The third-order valence-electron chi connectivity index (χ3n) is 6.67. The van der Waals surface area contributed by atoms with Crippen molar-refractivity contribution in [3.05, 3.63) is 106 Å². The lowest BCUT2D eigenvalue weighted by molar-refractivity contribution is 0.0697. The van der Waals surface area contributed by atoms with Crippen LogP contribution in [0.2, 0.25) is 5.02 Å². The normalized spacial score (nSPS) is 17.1. The number of nitrogens with one attached hydrogen (secondary N) is 1. The van der Waals surface area contributed by atoms with Gasteiger partial charge in [0.2, 0.25) is 0 Å². The average molecular weight is 533 g/mol. The Bertz CT molecular complexity index is 1490. The summed E-state index contributed by atoms with van der Waals surface area (Å²) in [6.45, 7) is 4.09. The number of pyridine rings is 1. The van der Waals surface area contributed by atoms with E-state index in [4.69, 9.17) is 28.6 Å². The first-order chi connectivity index (χ1) is 17.8. The summed E-state index contributed by atoms with van der Waals surface area (Å²) >= 11 is 12.4. The Balaban J connectivity index is 1.65. The maximum absolute atomic E-state index is 11.3. The predicted molar refractivity (Wildman–Crippen MR) is 148 cm³/mol. The number of rotatable bonds is 6. The van der Waals surface area contributed by atoms with E-state index in [1.165, 1.54) is 0 Å². The average Bonchev–Trinajstić information content (AvgIpc) is 3.39. The van der Waals surface area contributed by atoms with Crippen LogP contribution < -0.4 is 15.0 Å². The highest BCUT2D eigenvalue weighted by Gasteiger charge is 2.42. The van der Waals surface area contributed by atoms with Crippen LogP contribution in [0.4, 0.5) is 5.69 Å². The van der Waals surface area contributed by atoms with E-state index < -0.39 is 5.97 Å². The van der Waals surface area contributed by atoms with Crippen LogP contribution in [-0.2, 0) is 0 Å². The Morgan fingerprint density at radius 1 is 1.08 bits per heavy atom. The molecule has 1 saturated heterocycles. The first kappa shape index (κ1) is 24.8. The van der Waals surface area contributed by atoms with Gasteiger partial charge in [0.15, 0.2) is 5.11 Å². The lowest BCUT2D eigenvalue weighted by atomic mass is 9.96. The Kier molecular flexibility index (Phi) is 6.62. The van der Waals surface area contributed by atoms with Crippen LogP contribution >= 0.6 is 23.8 Å². The summed E-state index contributed by atoms with van der Waals surface area (Å²) in [4.78, 5) is 18.0. The number of aryl methyl sites for hydroxylation is 1. The Morgan fingerprint density at radius 3 is 2.43 bits per heavy atom. The number of anilines is 1. The zero-order valence-electron chi connectivity index (χ0n) is 20.5. The highest BCUT2D eigenvalue weighted by Crippen LogP contribution is 2.44. The number of thiocarbonyl (C=S) groups is 1. The first-order valence-electron chi connectivity index (χ1n) is 11.7. The Morgan fingerprint density at radius 2 is 1.81 bits per heavy atom. The summed E-state index contributed by atoms with van der Waals surface area (Å²) in [5.41, 5.74) is 5.93. The van der Waals surface area contributed by atoms with E-state index in [9.17, 15) is 9.90 Å². The second kappa shape index (κ2) is 9.88. The molecule has 0 unspecified atom stereocenters. The van der Waals surface area contributed by atoms with Crippen molar-refractivity contribution in [3.63, 3.8) is 0 Å². The Hall–Kier alpha value is -3.88. The van der Waals surface area contributed by atoms with Gasteiger partial charge in [-0.3, -0.25) is 4.98 Å². The van der Waals surface area contributed by atoms with E-state index in [1.54, 1.807) is 25.4 Å². The monoisotopic (exact) mass is 532 g/mol. The van der Waals surface area contributed by atoms with Crippen molar-refractivity contribution in [2.24, 2.45) is 0 Å². The summed E-state index contributed by atoms with van der Waals surface area (Å²) in [5, 5.41) is 13.8. The topological polar surface area (TPSA) is 79.6 Å². The number of halogens is 1. The molecule has 2 N–H and O–H groups in total. The van der Waals surface area contributed by atoms with Gasteiger partial charge < -0.3 is 24.6 Å². The molecule has 9 heteroatoms. The Labute approximate surface area is 225 Å². The van der Waals surface area contributed by atoms with E-state index >= 15 is 0 Å². The molecule has 1 aliphatic heterocycles. The van der Waals surface area contributed by atoms with Crippen molar-refractivity contribution in [2.45, 2.75) is 25.9 Å². The minimum atomic E-state index is -0.953. The maximum atomic E-state index is 11.3. The van der Waals surface area contributed by atoms with Gasteiger partial charge in [-0.15, -0.1) is 0 Å². The number of benzene rings is 2. The number of hydrogen-bond donors (Lipinski definition) is 2. The van der Waals surface area contributed by atoms with Gasteiger partial charge in [0.05, 0.1) is 35.5 Å². The van der Waals surface area contributed by atoms with Crippen molar-refractivity contribution in [3.8, 4) is 11.4 Å². The second-order valence-corrected chi connectivity index (χ2v) is 9.62. The van der Waals surface area contributed by atoms with Gasteiger partial charge in [0, 0.05) is 29.0 Å². The van der Waals surface area contributed by atoms with Crippen molar-refractivity contribution in [2.75, 3.05) is 12.0 Å². The molecular weight excluding hydrogens is 508 g/mol. The van der Waals surface area contributed by atoms with Crippen molar-refractivity contribution < 1.29 is 14.6 Å². The van der Waals surface area contributed by atoms with Crippen LogP contribution in [0.1, 0.15) is 45.1 Å². The number of aromatic carboxylic acids is 1. The number of nitrogens with zero attached hydrogens (tertiary/aromatic N) is 3. The number of ether oxygens (including phenoxy) is 1. The molecule has 3 heterocycles. The minimum absolute atomic E-state index is 0.210. The van der Waals surface area contributed by atoms with E-state index in [0.717, 1.165) is 34.0 Å². The molecule has 5 rings (SSSR count). The predicted octanol–water partition coefficient (Wildman–Crippen LogP) is 6.03. The largest absolute Gasteiger partial charge is 0.495 e. The van der Waals surface area contributed by atoms with Crippen molar-refractivity contribution in [1.82, 2.24) is 14.9 Å². The molecule has 0 spiro atoms. The quantitative estimate of drug-likeness (QED) is 0.294. The molecule has 1 fully saturated rings. The molecule has 0 amide bonds. The van der Waals surface area contributed by atoms with Gasteiger partial charge in [-0.1, -0.05) is 17.7 Å². The SMILES string of the molecule is COc1ccc(N2C(=S)N[C@@H](c3ccccn3)[C@@H]2c2cc(C)n(-c3ccc(C(=O)O)cc3)c2C)cc1Cl. The summed E-state index contributed by atoms with van der Waals surface area (Å²) in [6.07, 6.45) is 1.78. The standard InChI is InChI=1S/C28H25ClN4O3S/c1-16-14-21(17(2)32(16)19-9-7-18(8-10-19)27(34)35)26-25(23-6-4-5-13-30-23)31-28(37)33(26)20-11-12-24(36-3)22(29)15-20/h4-15,25-26H,1-3H3,(H,31,37)(H,34,35)/t25-,26-/m0/s1. The maximum Gasteiger partial charge on any atom is 0.335 e. The zero-order chi connectivity index (χ0) is 26.3. The summed E-state index contributed by atoms with van der Waals surface area (Å²) in [7, 11) is 1.58. The lowest BCUT2D eigenvalue weighted by Gasteiger charge is -2.28. The molecular formula is C28H25ClN4O3S. The highest BCUT2D eigenvalue weighted by atomic mass is 35.5. The number of hydrogen-bond acceptors (Lipinski definition) is 4. The fourth-order valence-corrected chi connectivity index (χ4v) is 5.59. The van der Waals surface area contributed by atoms with Crippen LogP contribution in [0.3, 0.4) is 0 Å². The van der Waals surface area contributed by atoms with Crippen LogP contribution in [-0.4, -0.2) is 32.8 Å². The summed E-state index contributed by atoms with van der Waals surface area (Å²) in [6, 6.07) is 20.1. The lowest BCUT2D eigenvalue weighted by Crippen LogP contribution is -2.29. The molecule has 0 saturated carbocycles. The minimum Gasteiger partial charge on any atom is -0.495 e. The number of carboxylic acid groups (broad SMARTS) is 1. The van der Waals surface area contributed by atoms with E-state index in [2.05, 4.69) is 32.8 Å². The second-order valence-electron chi connectivity index (χ2n) is 8.83. The van der Waals surface area contributed by atoms with Crippen LogP contribution in [0.5, 0.6) is 5.75 Å². The third kappa shape index (κ3) is 4.43. The van der Waals surface area contributed by atoms with Gasteiger partial charge >= 0.3 is 5.97 Å². The molecule has 188 valence electrons. The molecule has 2 aromatic carbocycles. The van der Waals surface area contributed by atoms with Crippen molar-refractivity contribution in [1.29, 1.82) is 0 Å². The van der Waals surface area contributed by atoms with Gasteiger partial charge in [0.1, 0.15) is 5.75 Å². The van der Waals surface area contributed by atoms with E-state index in [-0.39, 0.29) is 17.6 Å². The molecule has 37 heavy (non-hydrogen) atoms. The first-order valence-corrected chi connectivity index (χ1v) is 12.5. The van der Waals surface area contributed by atoms with Gasteiger partial charge in [-0.2, -0.15) is 0 Å². The molecule has 0 aliphatic carbocycles. The molecule has 7 nitrogen and oxygen atoms in total. The van der Waals surface area contributed by atoms with Crippen LogP contribution in [0, 0.1) is 13.8 Å². The van der Waals surface area contributed by atoms with E-state index in [0.29, 0.717) is 15.9 Å². The molecule has 0 radical (unpaired) electrons. The van der Waals surface area contributed by atoms with Gasteiger partial charge in [-0.05, 0) is 92.3 Å². The fraction of sp³-hybridized carbons (Fsp3) is 0.179. The highest BCUT2D eigenvalue weighted by molar-refractivity contribution is 7.80. The smallest absolute Gasteiger partial charge is 0.335 e. The molecule has 4 aromatic rings. The van der Waals surface area contributed by atoms with Crippen LogP contribution in [0.25, 0.3) is 5.69 Å².